The van der Waals surface area contributed by atoms with Gasteiger partial charge in [0.15, 0.2) is 5.16 Å². The van der Waals surface area contributed by atoms with E-state index in [2.05, 4.69) is 15.3 Å². The summed E-state index contributed by atoms with van der Waals surface area (Å²) < 4.78 is 0. The molecule has 28 heavy (non-hydrogen) atoms. The summed E-state index contributed by atoms with van der Waals surface area (Å²) in [6, 6.07) is 12.7. The third kappa shape index (κ3) is 3.14. The van der Waals surface area contributed by atoms with Crippen LogP contribution in [0.1, 0.15) is 20.8 Å². The van der Waals surface area contributed by atoms with Gasteiger partial charge < -0.3 is 10.3 Å². The normalized spacial score (nSPS) is 16.6. The topological polar surface area (TPSA) is 78.1 Å². The number of hydrogen-bond donors (Lipinski definition) is 2. The number of thioether (sulfide) groups is 1. The third-order valence-corrected chi connectivity index (χ3v) is 5.99. The van der Waals surface area contributed by atoms with Crippen LogP contribution >= 0.6 is 23.4 Å². The molecule has 3 aromatic rings. The second kappa shape index (κ2) is 6.83. The van der Waals surface area contributed by atoms with Crippen LogP contribution in [0, 0.1) is 0 Å². The molecule has 0 saturated heterocycles. The second-order valence-electron chi connectivity index (χ2n) is 7.17. The Labute approximate surface area is 171 Å². The molecule has 1 aliphatic rings. The first-order chi connectivity index (χ1) is 13.3. The van der Waals surface area contributed by atoms with Crippen LogP contribution in [0.2, 0.25) is 5.02 Å². The molecule has 1 aromatic heterocycles. The van der Waals surface area contributed by atoms with Crippen molar-refractivity contribution in [3.63, 3.8) is 0 Å². The van der Waals surface area contributed by atoms with Gasteiger partial charge in [-0.25, -0.2) is 4.98 Å². The first-order valence-corrected chi connectivity index (χ1v) is 10.1. The Bertz CT molecular complexity index is 1090. The van der Waals surface area contributed by atoms with Gasteiger partial charge in [0.1, 0.15) is 5.54 Å². The van der Waals surface area contributed by atoms with E-state index in [9.17, 15) is 9.59 Å². The number of carbonyl (C=O) groups excluding carboxylic acids is 2. The highest BCUT2D eigenvalue weighted by atomic mass is 35.5. The fourth-order valence-electron chi connectivity index (χ4n) is 3.26. The summed E-state index contributed by atoms with van der Waals surface area (Å²) in [5.74, 6) is -0.370. The molecule has 0 saturated carbocycles. The molecular weight excluding hydrogens is 396 g/mol. The van der Waals surface area contributed by atoms with E-state index in [1.165, 1.54) is 11.8 Å². The first kappa shape index (κ1) is 18.8. The lowest BCUT2D eigenvalue weighted by atomic mass is 9.96. The Morgan fingerprint density at radius 2 is 2.00 bits per heavy atom. The predicted molar refractivity (Wildman–Crippen MR) is 113 cm³/mol. The van der Waals surface area contributed by atoms with Gasteiger partial charge >= 0.3 is 0 Å². The number of para-hydroxylation sites is 2. The second-order valence-corrected chi connectivity index (χ2v) is 8.93. The first-order valence-electron chi connectivity index (χ1n) is 8.84. The lowest BCUT2D eigenvalue weighted by Gasteiger charge is -2.42. The van der Waals surface area contributed by atoms with Crippen LogP contribution in [0.3, 0.4) is 0 Å². The van der Waals surface area contributed by atoms with E-state index in [-0.39, 0.29) is 11.8 Å². The molecule has 144 valence electrons. The summed E-state index contributed by atoms with van der Waals surface area (Å²) in [6.45, 7) is 5.31. The molecule has 0 bridgehead atoms. The Kier molecular flexibility index (Phi) is 4.59. The van der Waals surface area contributed by atoms with E-state index in [0.29, 0.717) is 21.6 Å². The number of aromatic amines is 1. The van der Waals surface area contributed by atoms with Crippen molar-refractivity contribution in [3.05, 3.63) is 47.5 Å². The highest BCUT2D eigenvalue weighted by Crippen LogP contribution is 2.38. The van der Waals surface area contributed by atoms with E-state index in [0.717, 1.165) is 11.0 Å². The standard InChI is InChI=1S/C20H19ClN4O2S/c1-11(28-19-23-13-9-8-12(21)10-15(13)24-19)17(26)25-16-7-5-4-6-14(16)22-18(27)20(25,2)3/h4-11H,1-3H3,(H,22,27)(H,23,24)/t11-/m1/s1. The number of nitrogens with zero attached hydrogens (tertiary/aromatic N) is 2. The minimum Gasteiger partial charge on any atom is -0.333 e. The summed E-state index contributed by atoms with van der Waals surface area (Å²) in [5.41, 5.74) is 1.94. The van der Waals surface area contributed by atoms with E-state index in [4.69, 9.17) is 11.6 Å². The molecule has 8 heteroatoms. The van der Waals surface area contributed by atoms with Crippen LogP contribution in [-0.4, -0.2) is 32.6 Å². The highest BCUT2D eigenvalue weighted by Gasteiger charge is 2.44. The fourth-order valence-corrected chi connectivity index (χ4v) is 4.29. The molecule has 2 amide bonds. The maximum absolute atomic E-state index is 13.4. The van der Waals surface area contributed by atoms with Crippen LogP contribution in [0.15, 0.2) is 47.6 Å². The maximum Gasteiger partial charge on any atom is 0.250 e. The van der Waals surface area contributed by atoms with Crippen molar-refractivity contribution >= 4 is 57.6 Å². The molecule has 0 unspecified atom stereocenters. The quantitative estimate of drug-likeness (QED) is 0.620. The number of nitrogens with one attached hydrogen (secondary N) is 2. The molecule has 1 atom stereocenters. The van der Waals surface area contributed by atoms with Gasteiger partial charge in [0.2, 0.25) is 11.8 Å². The zero-order valence-corrected chi connectivity index (χ0v) is 17.2. The van der Waals surface area contributed by atoms with Crippen LogP contribution in [-0.2, 0) is 9.59 Å². The van der Waals surface area contributed by atoms with Crippen LogP contribution < -0.4 is 10.2 Å². The molecule has 0 spiro atoms. The van der Waals surface area contributed by atoms with Gasteiger partial charge in [-0.1, -0.05) is 35.5 Å². The SMILES string of the molecule is C[C@@H](Sc1nc2ccc(Cl)cc2[nH]1)C(=O)N1c2ccccc2NC(=O)C1(C)C. The number of amides is 2. The van der Waals surface area contributed by atoms with Crippen molar-refractivity contribution in [3.8, 4) is 0 Å². The van der Waals surface area contributed by atoms with Crippen LogP contribution in [0.25, 0.3) is 11.0 Å². The molecule has 2 N–H and O–H groups in total. The van der Waals surface area contributed by atoms with Gasteiger partial charge in [0.05, 0.1) is 27.7 Å². The average molecular weight is 415 g/mol. The lowest BCUT2D eigenvalue weighted by molar-refractivity contribution is -0.126. The van der Waals surface area contributed by atoms with E-state index in [1.807, 2.05) is 31.2 Å². The van der Waals surface area contributed by atoms with Crippen molar-refractivity contribution in [2.45, 2.75) is 36.7 Å². The van der Waals surface area contributed by atoms with Gasteiger partial charge in [-0.3, -0.25) is 14.5 Å². The molecular formula is C20H19ClN4O2S. The zero-order chi connectivity index (χ0) is 20.1. The number of aromatic nitrogens is 2. The number of hydrogen-bond acceptors (Lipinski definition) is 4. The molecule has 0 fully saturated rings. The molecule has 0 aliphatic carbocycles. The summed E-state index contributed by atoms with van der Waals surface area (Å²) in [4.78, 5) is 35.2. The lowest BCUT2D eigenvalue weighted by Crippen LogP contribution is -2.60. The van der Waals surface area contributed by atoms with Gasteiger partial charge in [-0.15, -0.1) is 0 Å². The van der Waals surface area contributed by atoms with Gasteiger partial charge in [0, 0.05) is 5.02 Å². The van der Waals surface area contributed by atoms with Crippen molar-refractivity contribution < 1.29 is 9.59 Å². The monoisotopic (exact) mass is 414 g/mol. The largest absolute Gasteiger partial charge is 0.333 e. The Morgan fingerprint density at radius 3 is 2.79 bits per heavy atom. The maximum atomic E-state index is 13.4. The Balaban J connectivity index is 1.64. The number of anilines is 2. The van der Waals surface area contributed by atoms with Gasteiger partial charge in [-0.2, -0.15) is 0 Å². The number of fused-ring (bicyclic) bond motifs is 2. The van der Waals surface area contributed by atoms with Crippen molar-refractivity contribution in [2.75, 3.05) is 10.2 Å². The predicted octanol–water partition coefficient (Wildman–Crippen LogP) is 4.46. The van der Waals surface area contributed by atoms with Crippen molar-refractivity contribution in [1.29, 1.82) is 0 Å². The van der Waals surface area contributed by atoms with Gasteiger partial charge in [-0.05, 0) is 51.1 Å². The summed E-state index contributed by atoms with van der Waals surface area (Å²) in [7, 11) is 0. The van der Waals surface area contributed by atoms with E-state index >= 15 is 0 Å². The summed E-state index contributed by atoms with van der Waals surface area (Å²) in [5, 5.41) is 3.68. The average Bonchev–Trinajstić information content (AvgIpc) is 3.03. The number of imidazole rings is 1. The summed E-state index contributed by atoms with van der Waals surface area (Å²) in [6.07, 6.45) is 0. The molecule has 0 radical (unpaired) electrons. The Hall–Kier alpha value is -2.51. The number of H-pyrrole nitrogens is 1. The van der Waals surface area contributed by atoms with Crippen LogP contribution in [0.5, 0.6) is 0 Å². The Morgan fingerprint density at radius 1 is 1.25 bits per heavy atom. The minimum absolute atomic E-state index is 0.157. The number of rotatable bonds is 3. The molecule has 1 aliphatic heterocycles. The summed E-state index contributed by atoms with van der Waals surface area (Å²) >= 11 is 7.35. The van der Waals surface area contributed by atoms with E-state index < -0.39 is 10.8 Å². The number of benzene rings is 2. The number of carbonyl (C=O) groups is 2. The zero-order valence-electron chi connectivity index (χ0n) is 15.6. The van der Waals surface area contributed by atoms with Crippen molar-refractivity contribution in [2.24, 2.45) is 0 Å². The molecule has 2 aromatic carbocycles. The highest BCUT2D eigenvalue weighted by molar-refractivity contribution is 8.00. The molecule has 2 heterocycles. The van der Waals surface area contributed by atoms with E-state index in [1.54, 1.807) is 36.9 Å². The fraction of sp³-hybridized carbons (Fsp3) is 0.250. The van der Waals surface area contributed by atoms with Crippen LogP contribution in [0.4, 0.5) is 11.4 Å². The molecule has 4 rings (SSSR count). The van der Waals surface area contributed by atoms with Crippen molar-refractivity contribution in [1.82, 2.24) is 9.97 Å². The minimum atomic E-state index is -0.998. The smallest absolute Gasteiger partial charge is 0.250 e. The van der Waals surface area contributed by atoms with Gasteiger partial charge in [0.25, 0.3) is 0 Å². The third-order valence-electron chi connectivity index (χ3n) is 4.79. The number of halogens is 1. The molecule has 6 nitrogen and oxygen atoms in total.